The molecule has 0 saturated carbocycles. The van der Waals surface area contributed by atoms with Gasteiger partial charge in [0.25, 0.3) is 5.96 Å². The second kappa shape index (κ2) is 11.6. The topological polar surface area (TPSA) is 105 Å². The highest BCUT2D eigenvalue weighted by Gasteiger charge is 2.40. The van der Waals surface area contributed by atoms with E-state index in [1.807, 2.05) is 61.6 Å². The molecular formula is C32H35ClN8O. The van der Waals surface area contributed by atoms with Gasteiger partial charge in [0.2, 0.25) is 0 Å². The molecule has 0 amide bonds. The number of piperidine rings is 1. The number of hydrogen-bond donors (Lipinski definition) is 4. The second-order valence-electron chi connectivity index (χ2n) is 10.8. The number of nitrogens with one attached hydrogen (secondary N) is 2. The lowest BCUT2D eigenvalue weighted by molar-refractivity contribution is 0.0966. The zero-order chi connectivity index (χ0) is 29.3. The first-order chi connectivity index (χ1) is 20.4. The maximum atomic E-state index is 12.7. The summed E-state index contributed by atoms with van der Waals surface area (Å²) in [5, 5.41) is 19.4. The molecule has 216 valence electrons. The first-order valence-corrected chi connectivity index (χ1v) is 14.5. The Bertz CT molecular complexity index is 1580. The number of fused-ring (bicyclic) bond motifs is 3. The number of nitrogens with zero attached hydrogens (tertiary/aromatic N) is 5. The summed E-state index contributed by atoms with van der Waals surface area (Å²) >= 11 is 6.37. The largest absolute Gasteiger partial charge is 0.403 e. The van der Waals surface area contributed by atoms with Crippen LogP contribution >= 0.6 is 11.6 Å². The minimum absolute atomic E-state index is 0.471. The van der Waals surface area contributed by atoms with Crippen molar-refractivity contribution in [2.75, 3.05) is 25.1 Å². The summed E-state index contributed by atoms with van der Waals surface area (Å²) in [4.78, 5) is 9.06. The maximum Gasteiger partial charge on any atom is 0.265 e. The SMILES string of the molecule is C=CN(C)/C(=C\N)C(O)(c1ccc(CN2CCCCC2)cc1)c1ccc2c(c1)C(c1cccc(Cl)c1)=NC1=NNNN12. The van der Waals surface area contributed by atoms with Gasteiger partial charge in [-0.15, -0.1) is 10.6 Å². The van der Waals surface area contributed by atoms with Gasteiger partial charge in [0.15, 0.2) is 5.60 Å². The molecule has 0 spiro atoms. The molecule has 3 aliphatic heterocycles. The number of guanidine groups is 1. The molecule has 3 aromatic rings. The van der Waals surface area contributed by atoms with Gasteiger partial charge in [-0.3, -0.25) is 4.90 Å². The average molecular weight is 583 g/mol. The number of likely N-dealkylation sites (N-methyl/N-ethyl adjacent to an activating group) is 1. The molecule has 9 nitrogen and oxygen atoms in total. The Morgan fingerprint density at radius 2 is 1.86 bits per heavy atom. The van der Waals surface area contributed by atoms with Gasteiger partial charge in [0.1, 0.15) is 0 Å². The maximum absolute atomic E-state index is 12.7. The van der Waals surface area contributed by atoms with Gasteiger partial charge in [0, 0.05) is 35.9 Å². The molecule has 0 aliphatic carbocycles. The van der Waals surface area contributed by atoms with Gasteiger partial charge in [-0.05, 0) is 73.1 Å². The van der Waals surface area contributed by atoms with E-state index in [-0.39, 0.29) is 0 Å². The van der Waals surface area contributed by atoms with Crippen molar-refractivity contribution in [2.45, 2.75) is 31.4 Å². The predicted molar refractivity (Wildman–Crippen MR) is 169 cm³/mol. The van der Waals surface area contributed by atoms with Gasteiger partial charge in [-0.2, -0.15) is 0 Å². The number of rotatable bonds is 8. The summed E-state index contributed by atoms with van der Waals surface area (Å²) in [6.07, 6.45) is 6.85. The summed E-state index contributed by atoms with van der Waals surface area (Å²) in [5.74, 6) is 0.471. The molecule has 0 radical (unpaired) electrons. The smallest absolute Gasteiger partial charge is 0.265 e. The third kappa shape index (κ3) is 5.05. The normalized spacial score (nSPS) is 18.3. The highest BCUT2D eigenvalue weighted by Crippen LogP contribution is 2.41. The van der Waals surface area contributed by atoms with Crippen molar-refractivity contribution in [2.24, 2.45) is 15.8 Å². The van der Waals surface area contributed by atoms with Crippen molar-refractivity contribution < 1.29 is 5.11 Å². The number of nitrogens with two attached hydrogens (primary N) is 1. The first kappa shape index (κ1) is 28.0. The Morgan fingerprint density at radius 3 is 2.57 bits per heavy atom. The minimum Gasteiger partial charge on any atom is -0.403 e. The van der Waals surface area contributed by atoms with E-state index in [4.69, 9.17) is 22.3 Å². The third-order valence-electron chi connectivity index (χ3n) is 8.15. The van der Waals surface area contributed by atoms with Gasteiger partial charge in [0.05, 0.1) is 17.1 Å². The number of halogens is 1. The number of likely N-dealkylation sites (tertiary alicyclic amines) is 1. The fourth-order valence-corrected chi connectivity index (χ4v) is 6.10. The van der Waals surface area contributed by atoms with Crippen LogP contribution in [0.25, 0.3) is 0 Å². The van der Waals surface area contributed by atoms with E-state index in [0.717, 1.165) is 36.4 Å². The van der Waals surface area contributed by atoms with Crippen molar-refractivity contribution in [3.05, 3.63) is 124 Å². The van der Waals surface area contributed by atoms with Crippen LogP contribution in [0.15, 0.2) is 101 Å². The van der Waals surface area contributed by atoms with Crippen LogP contribution in [0.5, 0.6) is 0 Å². The number of aliphatic hydroxyl groups is 1. The molecule has 10 heteroatoms. The zero-order valence-electron chi connectivity index (χ0n) is 23.6. The number of hydrazone groups is 1. The fourth-order valence-electron chi connectivity index (χ4n) is 5.91. The van der Waals surface area contributed by atoms with E-state index in [0.29, 0.717) is 33.5 Å². The van der Waals surface area contributed by atoms with Crippen LogP contribution in [0.4, 0.5) is 5.69 Å². The van der Waals surface area contributed by atoms with E-state index >= 15 is 0 Å². The van der Waals surface area contributed by atoms with E-state index in [1.165, 1.54) is 31.0 Å². The lowest BCUT2D eigenvalue weighted by Crippen LogP contribution is -2.44. The minimum atomic E-state index is -1.60. The number of anilines is 1. The number of hydrogen-bond acceptors (Lipinski definition) is 9. The Kier molecular flexibility index (Phi) is 7.74. The van der Waals surface area contributed by atoms with E-state index in [1.54, 1.807) is 16.1 Å². The zero-order valence-corrected chi connectivity index (χ0v) is 24.3. The Morgan fingerprint density at radius 1 is 1.10 bits per heavy atom. The Balaban J connectivity index is 1.46. The molecule has 1 saturated heterocycles. The summed E-state index contributed by atoms with van der Waals surface area (Å²) in [6, 6.07) is 21.5. The fraction of sp³-hybridized carbons (Fsp3) is 0.250. The molecule has 6 rings (SSSR count). The van der Waals surface area contributed by atoms with Crippen LogP contribution in [0, 0.1) is 0 Å². The van der Waals surface area contributed by atoms with Crippen molar-refractivity contribution >= 4 is 29.0 Å². The molecule has 3 aliphatic rings. The summed E-state index contributed by atoms with van der Waals surface area (Å²) in [5.41, 5.74) is 16.5. The molecule has 1 atom stereocenters. The first-order valence-electron chi connectivity index (χ1n) is 14.1. The molecule has 0 bridgehead atoms. The average Bonchev–Trinajstić information content (AvgIpc) is 3.50. The van der Waals surface area contributed by atoms with Gasteiger partial charge >= 0.3 is 0 Å². The van der Waals surface area contributed by atoms with Crippen LogP contribution in [-0.4, -0.2) is 46.7 Å². The molecule has 5 N–H and O–H groups in total. The Hall–Kier alpha value is -4.15. The van der Waals surface area contributed by atoms with Gasteiger partial charge < -0.3 is 15.7 Å². The predicted octanol–water partition coefficient (Wildman–Crippen LogP) is 4.39. The van der Waals surface area contributed by atoms with Crippen molar-refractivity contribution in [3.63, 3.8) is 0 Å². The summed E-state index contributed by atoms with van der Waals surface area (Å²) < 4.78 is 0. The van der Waals surface area contributed by atoms with Crippen molar-refractivity contribution in [1.29, 1.82) is 0 Å². The highest BCUT2D eigenvalue weighted by molar-refractivity contribution is 6.32. The molecule has 1 unspecified atom stereocenters. The summed E-state index contributed by atoms with van der Waals surface area (Å²) in [6.45, 7) is 7.06. The number of hydrazine groups is 2. The van der Waals surface area contributed by atoms with Crippen LogP contribution in [0.3, 0.4) is 0 Å². The van der Waals surface area contributed by atoms with Crippen molar-refractivity contribution in [1.82, 2.24) is 20.9 Å². The number of aliphatic imine (C=N–C) groups is 1. The molecule has 42 heavy (non-hydrogen) atoms. The van der Waals surface area contributed by atoms with Crippen LogP contribution in [0.1, 0.15) is 47.1 Å². The quantitative estimate of drug-likeness (QED) is 0.312. The number of benzene rings is 3. The van der Waals surface area contributed by atoms with Crippen LogP contribution in [0.2, 0.25) is 5.02 Å². The van der Waals surface area contributed by atoms with Gasteiger partial charge in [-0.25, -0.2) is 15.5 Å². The standard InChI is InChI=1S/C32H35ClN8O/c1-3-39(2)29(20-34)32(42,24-12-10-22(11-13-24)21-40-16-5-4-6-17-40)25-14-15-28-27(19-25)30(23-8-7-9-26(33)18-23)35-31-36-37-38-41(28)31/h3,7-15,18-20,37-38,42H,1,4-6,16-17,21,34H2,2H3/b29-20-. The summed E-state index contributed by atoms with van der Waals surface area (Å²) in [7, 11) is 1.82. The van der Waals surface area contributed by atoms with Crippen LogP contribution < -0.4 is 21.8 Å². The molecule has 0 aromatic heterocycles. The lowest BCUT2D eigenvalue weighted by Gasteiger charge is -2.37. The Labute approximate surface area is 251 Å². The monoisotopic (exact) mass is 582 g/mol. The lowest BCUT2D eigenvalue weighted by atomic mass is 9.81. The van der Waals surface area contributed by atoms with E-state index in [9.17, 15) is 5.11 Å². The van der Waals surface area contributed by atoms with Crippen molar-refractivity contribution in [3.8, 4) is 0 Å². The third-order valence-corrected chi connectivity index (χ3v) is 8.38. The van der Waals surface area contributed by atoms with Crippen LogP contribution in [-0.2, 0) is 12.1 Å². The highest BCUT2D eigenvalue weighted by atomic mass is 35.5. The molecule has 3 aromatic carbocycles. The van der Waals surface area contributed by atoms with Gasteiger partial charge in [-0.1, -0.05) is 67.1 Å². The van der Waals surface area contributed by atoms with E-state index in [2.05, 4.69) is 39.8 Å². The second-order valence-corrected chi connectivity index (χ2v) is 11.2. The molecular weight excluding hydrogens is 548 g/mol. The van der Waals surface area contributed by atoms with E-state index < -0.39 is 5.60 Å². The molecule has 1 fully saturated rings. The molecule has 3 heterocycles.